The van der Waals surface area contributed by atoms with Crippen LogP contribution in [0, 0.1) is 0 Å². The van der Waals surface area contributed by atoms with Crippen molar-refractivity contribution < 1.29 is 14.6 Å². The van der Waals surface area contributed by atoms with Gasteiger partial charge in [-0.15, -0.1) is 0 Å². The van der Waals surface area contributed by atoms with Crippen LogP contribution in [0.15, 0.2) is 12.2 Å². The van der Waals surface area contributed by atoms with Crippen LogP contribution >= 0.6 is 0 Å². The van der Waals surface area contributed by atoms with Gasteiger partial charge in [0.25, 0.3) is 0 Å². The number of aliphatic carboxylic acids is 1. The molecule has 1 unspecified atom stereocenters. The SMILES string of the molecule is CCCCCCC(C)OCC=CC(=O)O. The van der Waals surface area contributed by atoms with E-state index in [0.29, 0.717) is 6.61 Å². The lowest BCUT2D eigenvalue weighted by molar-refractivity contribution is -0.131. The number of carboxylic acids is 1. The first kappa shape index (κ1) is 14.2. The van der Waals surface area contributed by atoms with Gasteiger partial charge in [0.2, 0.25) is 0 Å². The molecule has 0 aromatic carbocycles. The van der Waals surface area contributed by atoms with Crippen molar-refractivity contribution in [3.63, 3.8) is 0 Å². The average molecular weight is 214 g/mol. The second-order valence-corrected chi connectivity index (χ2v) is 3.73. The first-order valence-corrected chi connectivity index (χ1v) is 5.68. The molecule has 88 valence electrons. The van der Waals surface area contributed by atoms with Crippen molar-refractivity contribution >= 4 is 5.97 Å². The summed E-state index contributed by atoms with van der Waals surface area (Å²) >= 11 is 0. The minimum absolute atomic E-state index is 0.223. The Labute approximate surface area is 92.1 Å². The van der Waals surface area contributed by atoms with E-state index in [4.69, 9.17) is 9.84 Å². The highest BCUT2D eigenvalue weighted by atomic mass is 16.5. The van der Waals surface area contributed by atoms with Crippen LogP contribution < -0.4 is 0 Å². The molecule has 1 N–H and O–H groups in total. The second kappa shape index (κ2) is 9.71. The molecule has 0 aromatic heterocycles. The van der Waals surface area contributed by atoms with E-state index in [1.54, 1.807) is 0 Å². The average Bonchev–Trinajstić information content (AvgIpc) is 2.19. The molecule has 3 heteroatoms. The number of hydrogen-bond acceptors (Lipinski definition) is 2. The van der Waals surface area contributed by atoms with Crippen molar-refractivity contribution in [2.24, 2.45) is 0 Å². The van der Waals surface area contributed by atoms with Crippen LogP contribution in [0.25, 0.3) is 0 Å². The summed E-state index contributed by atoms with van der Waals surface area (Å²) in [6.07, 6.45) is 8.91. The lowest BCUT2D eigenvalue weighted by atomic mass is 10.1. The molecule has 0 aliphatic carbocycles. The quantitative estimate of drug-likeness (QED) is 0.474. The monoisotopic (exact) mass is 214 g/mol. The Balaban J connectivity index is 3.33. The highest BCUT2D eigenvalue weighted by molar-refractivity contribution is 5.79. The molecule has 0 saturated heterocycles. The maximum atomic E-state index is 10.1. The van der Waals surface area contributed by atoms with Crippen molar-refractivity contribution in [2.75, 3.05) is 6.61 Å². The molecule has 0 fully saturated rings. The molecule has 1 atom stereocenters. The molecule has 0 aliphatic heterocycles. The summed E-state index contributed by atoms with van der Waals surface area (Å²) in [5.41, 5.74) is 0. The lowest BCUT2D eigenvalue weighted by Crippen LogP contribution is -2.08. The summed E-state index contributed by atoms with van der Waals surface area (Å²) in [6.45, 7) is 4.61. The molecular weight excluding hydrogens is 192 g/mol. The van der Waals surface area contributed by atoms with Crippen LogP contribution in [0.2, 0.25) is 0 Å². The zero-order valence-corrected chi connectivity index (χ0v) is 9.74. The van der Waals surface area contributed by atoms with E-state index < -0.39 is 5.97 Å². The number of carboxylic acid groups (broad SMARTS) is 1. The van der Waals surface area contributed by atoms with Gasteiger partial charge >= 0.3 is 5.97 Å². The fourth-order valence-electron chi connectivity index (χ4n) is 1.31. The Hall–Kier alpha value is -0.830. The van der Waals surface area contributed by atoms with E-state index >= 15 is 0 Å². The molecule has 0 heterocycles. The number of rotatable bonds is 9. The highest BCUT2D eigenvalue weighted by Crippen LogP contribution is 2.07. The standard InChI is InChI=1S/C12H22O3/c1-3-4-5-6-8-11(2)15-10-7-9-12(13)14/h7,9,11H,3-6,8,10H2,1-2H3,(H,13,14). The van der Waals surface area contributed by atoms with Gasteiger partial charge in [-0.3, -0.25) is 0 Å². The summed E-state index contributed by atoms with van der Waals surface area (Å²) in [5.74, 6) is -0.922. The smallest absolute Gasteiger partial charge is 0.328 e. The Kier molecular flexibility index (Phi) is 9.18. The first-order chi connectivity index (χ1) is 7.16. The van der Waals surface area contributed by atoms with Gasteiger partial charge < -0.3 is 9.84 Å². The minimum atomic E-state index is -0.922. The van der Waals surface area contributed by atoms with Gasteiger partial charge in [-0.25, -0.2) is 4.79 Å². The summed E-state index contributed by atoms with van der Waals surface area (Å²) in [4.78, 5) is 10.1. The molecular formula is C12H22O3. The van der Waals surface area contributed by atoms with Gasteiger partial charge in [0.15, 0.2) is 0 Å². The molecule has 0 saturated carbocycles. The van der Waals surface area contributed by atoms with Crippen LogP contribution in [0.3, 0.4) is 0 Å². The van der Waals surface area contributed by atoms with Gasteiger partial charge in [0, 0.05) is 6.08 Å². The molecule has 3 nitrogen and oxygen atoms in total. The van der Waals surface area contributed by atoms with Crippen LogP contribution in [-0.2, 0) is 9.53 Å². The number of ether oxygens (including phenoxy) is 1. The summed E-state index contributed by atoms with van der Waals surface area (Å²) in [7, 11) is 0. The molecule has 0 aliphatic rings. The summed E-state index contributed by atoms with van der Waals surface area (Å²) < 4.78 is 5.42. The molecule has 15 heavy (non-hydrogen) atoms. The minimum Gasteiger partial charge on any atom is -0.478 e. The molecule has 0 bridgehead atoms. The van der Waals surface area contributed by atoms with Gasteiger partial charge in [-0.1, -0.05) is 38.7 Å². The van der Waals surface area contributed by atoms with Crippen molar-refractivity contribution in [2.45, 2.75) is 52.1 Å². The molecule has 0 aromatic rings. The largest absolute Gasteiger partial charge is 0.478 e. The summed E-state index contributed by atoms with van der Waals surface area (Å²) in [5, 5.41) is 8.34. The van der Waals surface area contributed by atoms with Crippen LogP contribution in [0.5, 0.6) is 0 Å². The maximum Gasteiger partial charge on any atom is 0.328 e. The Morgan fingerprint density at radius 2 is 2.13 bits per heavy atom. The van der Waals surface area contributed by atoms with E-state index in [1.165, 1.54) is 31.8 Å². The van der Waals surface area contributed by atoms with Crippen LogP contribution in [0.4, 0.5) is 0 Å². The van der Waals surface area contributed by atoms with Gasteiger partial charge in [0.05, 0.1) is 12.7 Å². The molecule has 0 amide bonds. The van der Waals surface area contributed by atoms with Crippen molar-refractivity contribution in [1.82, 2.24) is 0 Å². The third-order valence-corrected chi connectivity index (χ3v) is 2.20. The van der Waals surface area contributed by atoms with Gasteiger partial charge in [-0.2, -0.15) is 0 Å². The summed E-state index contributed by atoms with van der Waals surface area (Å²) in [6, 6.07) is 0. The Morgan fingerprint density at radius 1 is 1.40 bits per heavy atom. The molecule has 0 spiro atoms. The number of hydrogen-bond donors (Lipinski definition) is 1. The maximum absolute atomic E-state index is 10.1. The van der Waals surface area contributed by atoms with E-state index in [-0.39, 0.29) is 6.10 Å². The third kappa shape index (κ3) is 11.1. The third-order valence-electron chi connectivity index (χ3n) is 2.20. The first-order valence-electron chi connectivity index (χ1n) is 5.68. The van der Waals surface area contributed by atoms with Gasteiger partial charge in [-0.05, 0) is 13.3 Å². The Bertz CT molecular complexity index is 187. The van der Waals surface area contributed by atoms with E-state index in [0.717, 1.165) is 12.5 Å². The van der Waals surface area contributed by atoms with Crippen molar-refractivity contribution in [3.8, 4) is 0 Å². The van der Waals surface area contributed by atoms with E-state index in [2.05, 4.69) is 6.92 Å². The zero-order valence-electron chi connectivity index (χ0n) is 9.74. The fraction of sp³-hybridized carbons (Fsp3) is 0.750. The van der Waals surface area contributed by atoms with Crippen molar-refractivity contribution in [3.05, 3.63) is 12.2 Å². The normalized spacial score (nSPS) is 13.2. The van der Waals surface area contributed by atoms with E-state index in [9.17, 15) is 4.79 Å². The van der Waals surface area contributed by atoms with Crippen LogP contribution in [-0.4, -0.2) is 23.8 Å². The fourth-order valence-corrected chi connectivity index (χ4v) is 1.31. The topological polar surface area (TPSA) is 46.5 Å². The van der Waals surface area contributed by atoms with Crippen molar-refractivity contribution in [1.29, 1.82) is 0 Å². The number of unbranched alkanes of at least 4 members (excludes halogenated alkanes) is 3. The highest BCUT2D eigenvalue weighted by Gasteiger charge is 2.00. The predicted octanol–water partition coefficient (Wildman–Crippen LogP) is 3.00. The second-order valence-electron chi connectivity index (χ2n) is 3.73. The lowest BCUT2D eigenvalue weighted by Gasteiger charge is -2.10. The Morgan fingerprint density at radius 3 is 2.73 bits per heavy atom. The zero-order chi connectivity index (χ0) is 11.5. The van der Waals surface area contributed by atoms with Crippen LogP contribution in [0.1, 0.15) is 46.0 Å². The number of carbonyl (C=O) groups is 1. The van der Waals surface area contributed by atoms with E-state index in [1.807, 2.05) is 6.92 Å². The predicted molar refractivity (Wildman–Crippen MR) is 60.9 cm³/mol. The molecule has 0 radical (unpaired) electrons. The molecule has 0 rings (SSSR count). The van der Waals surface area contributed by atoms with Gasteiger partial charge in [0.1, 0.15) is 0 Å².